The van der Waals surface area contributed by atoms with E-state index in [1.165, 1.54) is 6.26 Å². The van der Waals surface area contributed by atoms with Crippen LogP contribution in [0.4, 0.5) is 0 Å². The number of hydrogen-bond donors (Lipinski definition) is 1. The van der Waals surface area contributed by atoms with Crippen molar-refractivity contribution in [3.05, 3.63) is 24.2 Å². The van der Waals surface area contributed by atoms with Crippen molar-refractivity contribution < 1.29 is 12.8 Å². The molecule has 2 atom stereocenters. The van der Waals surface area contributed by atoms with E-state index in [-0.39, 0.29) is 17.8 Å². The molecule has 0 radical (unpaired) electrons. The fourth-order valence-electron chi connectivity index (χ4n) is 1.52. The highest BCUT2D eigenvalue weighted by Crippen LogP contribution is 2.13. The van der Waals surface area contributed by atoms with Gasteiger partial charge in [-0.15, -0.1) is 0 Å². The van der Waals surface area contributed by atoms with Crippen molar-refractivity contribution in [2.45, 2.75) is 32.4 Å². The van der Waals surface area contributed by atoms with E-state index in [0.29, 0.717) is 6.42 Å². The molecule has 1 heterocycles. The molecule has 1 aromatic rings. The first-order valence-electron chi connectivity index (χ1n) is 5.34. The van der Waals surface area contributed by atoms with Crippen molar-refractivity contribution in [2.75, 3.05) is 12.0 Å². The first-order valence-corrected chi connectivity index (χ1v) is 7.40. The molecular weight excluding hydrogens is 226 g/mol. The highest BCUT2D eigenvalue weighted by Gasteiger charge is 2.12. The van der Waals surface area contributed by atoms with Gasteiger partial charge in [-0.25, -0.2) is 8.42 Å². The van der Waals surface area contributed by atoms with Gasteiger partial charge in [-0.3, -0.25) is 0 Å². The van der Waals surface area contributed by atoms with Crippen molar-refractivity contribution in [1.29, 1.82) is 0 Å². The molecule has 16 heavy (non-hydrogen) atoms. The Balaban J connectivity index is 2.37. The predicted octanol–water partition coefficient (Wildman–Crippen LogP) is 1.75. The molecule has 1 aromatic heterocycles. The van der Waals surface area contributed by atoms with Crippen LogP contribution < -0.4 is 5.32 Å². The standard InChI is InChI=1S/C11H19NO3S/c1-9(5-7-16(3,13)14)12-10(2)11-4-6-15-8-11/h4,6,8-10,12H,5,7H2,1-3H3. The number of rotatable bonds is 6. The van der Waals surface area contributed by atoms with E-state index >= 15 is 0 Å². The minimum Gasteiger partial charge on any atom is -0.472 e. The smallest absolute Gasteiger partial charge is 0.147 e. The van der Waals surface area contributed by atoms with Crippen molar-refractivity contribution in [3.63, 3.8) is 0 Å². The molecule has 0 fully saturated rings. The Morgan fingerprint density at radius 1 is 1.44 bits per heavy atom. The fourth-order valence-corrected chi connectivity index (χ4v) is 2.30. The van der Waals surface area contributed by atoms with Crippen molar-refractivity contribution >= 4 is 9.84 Å². The lowest BCUT2D eigenvalue weighted by Gasteiger charge is -2.18. The molecule has 5 heteroatoms. The second kappa shape index (κ2) is 5.50. The molecule has 0 aliphatic carbocycles. The molecule has 0 saturated carbocycles. The lowest BCUT2D eigenvalue weighted by Crippen LogP contribution is -2.30. The van der Waals surface area contributed by atoms with E-state index in [1.54, 1.807) is 12.5 Å². The van der Waals surface area contributed by atoms with Gasteiger partial charge in [0.05, 0.1) is 18.3 Å². The summed E-state index contributed by atoms with van der Waals surface area (Å²) in [5, 5.41) is 3.33. The Morgan fingerprint density at radius 3 is 2.62 bits per heavy atom. The third-order valence-electron chi connectivity index (χ3n) is 2.50. The van der Waals surface area contributed by atoms with Gasteiger partial charge in [0, 0.05) is 23.9 Å². The van der Waals surface area contributed by atoms with Crippen LogP contribution in [0.15, 0.2) is 23.0 Å². The second-order valence-electron chi connectivity index (χ2n) is 4.26. The van der Waals surface area contributed by atoms with E-state index < -0.39 is 9.84 Å². The van der Waals surface area contributed by atoms with Crippen LogP contribution in [-0.4, -0.2) is 26.5 Å². The van der Waals surface area contributed by atoms with Gasteiger partial charge in [0.15, 0.2) is 0 Å². The first-order chi connectivity index (χ1) is 7.38. The summed E-state index contributed by atoms with van der Waals surface area (Å²) in [6, 6.07) is 2.24. The van der Waals surface area contributed by atoms with Crippen LogP contribution in [0, 0.1) is 0 Å². The average molecular weight is 245 g/mol. The van der Waals surface area contributed by atoms with Crippen LogP contribution in [0.2, 0.25) is 0 Å². The van der Waals surface area contributed by atoms with Gasteiger partial charge in [0.25, 0.3) is 0 Å². The largest absolute Gasteiger partial charge is 0.472 e. The normalized spacial score (nSPS) is 15.9. The number of furan rings is 1. The monoisotopic (exact) mass is 245 g/mol. The van der Waals surface area contributed by atoms with Gasteiger partial charge in [-0.05, 0) is 26.3 Å². The summed E-state index contributed by atoms with van der Waals surface area (Å²) < 4.78 is 27.0. The minimum atomic E-state index is -2.87. The zero-order chi connectivity index (χ0) is 12.2. The number of nitrogens with one attached hydrogen (secondary N) is 1. The zero-order valence-corrected chi connectivity index (χ0v) is 10.8. The molecular formula is C11H19NO3S. The SMILES string of the molecule is CC(CCS(C)(=O)=O)NC(C)c1ccoc1. The van der Waals surface area contributed by atoms with E-state index in [9.17, 15) is 8.42 Å². The second-order valence-corrected chi connectivity index (χ2v) is 6.52. The molecule has 92 valence electrons. The van der Waals surface area contributed by atoms with Crippen LogP contribution in [0.3, 0.4) is 0 Å². The summed E-state index contributed by atoms with van der Waals surface area (Å²) in [6.07, 6.45) is 5.22. The summed E-state index contributed by atoms with van der Waals surface area (Å²) in [5.41, 5.74) is 1.08. The molecule has 1 N–H and O–H groups in total. The van der Waals surface area contributed by atoms with E-state index in [1.807, 2.05) is 19.9 Å². The summed E-state index contributed by atoms with van der Waals surface area (Å²) in [5.74, 6) is 0.222. The third kappa shape index (κ3) is 4.81. The maximum absolute atomic E-state index is 11.0. The van der Waals surface area contributed by atoms with Crippen LogP contribution >= 0.6 is 0 Å². The fraction of sp³-hybridized carbons (Fsp3) is 0.636. The topological polar surface area (TPSA) is 59.3 Å². The molecule has 0 spiro atoms. The third-order valence-corrected chi connectivity index (χ3v) is 3.48. The highest BCUT2D eigenvalue weighted by molar-refractivity contribution is 7.90. The molecule has 2 unspecified atom stereocenters. The Labute approximate surface area is 97.0 Å². The molecule has 0 aliphatic heterocycles. The first kappa shape index (κ1) is 13.3. The molecule has 4 nitrogen and oxygen atoms in total. The molecule has 0 saturated heterocycles. The van der Waals surface area contributed by atoms with Crippen LogP contribution in [0.5, 0.6) is 0 Å². The molecule has 0 amide bonds. The highest BCUT2D eigenvalue weighted by atomic mass is 32.2. The Morgan fingerprint density at radius 2 is 2.12 bits per heavy atom. The number of hydrogen-bond acceptors (Lipinski definition) is 4. The Bertz CT molecular complexity index is 397. The van der Waals surface area contributed by atoms with Crippen LogP contribution in [0.25, 0.3) is 0 Å². The van der Waals surface area contributed by atoms with Gasteiger partial charge >= 0.3 is 0 Å². The number of sulfone groups is 1. The van der Waals surface area contributed by atoms with Gasteiger partial charge in [-0.2, -0.15) is 0 Å². The minimum absolute atomic E-state index is 0.166. The molecule has 0 aliphatic rings. The van der Waals surface area contributed by atoms with Gasteiger partial charge in [0.2, 0.25) is 0 Å². The van der Waals surface area contributed by atoms with Crippen LogP contribution in [0.1, 0.15) is 31.9 Å². The molecule has 1 rings (SSSR count). The quantitative estimate of drug-likeness (QED) is 0.829. The maximum atomic E-state index is 11.0. The lowest BCUT2D eigenvalue weighted by atomic mass is 10.1. The Kier molecular flexibility index (Phi) is 4.56. The molecule has 0 bridgehead atoms. The van der Waals surface area contributed by atoms with E-state index in [2.05, 4.69) is 5.32 Å². The zero-order valence-electron chi connectivity index (χ0n) is 9.93. The summed E-state index contributed by atoms with van der Waals surface area (Å²) in [7, 11) is -2.87. The van der Waals surface area contributed by atoms with Crippen molar-refractivity contribution in [3.8, 4) is 0 Å². The summed E-state index contributed by atoms with van der Waals surface area (Å²) in [4.78, 5) is 0. The van der Waals surface area contributed by atoms with Gasteiger partial charge < -0.3 is 9.73 Å². The van der Waals surface area contributed by atoms with E-state index in [0.717, 1.165) is 5.56 Å². The van der Waals surface area contributed by atoms with Crippen LogP contribution in [-0.2, 0) is 9.84 Å². The van der Waals surface area contributed by atoms with Crippen molar-refractivity contribution in [2.24, 2.45) is 0 Å². The molecule has 0 aromatic carbocycles. The van der Waals surface area contributed by atoms with Gasteiger partial charge in [0.1, 0.15) is 9.84 Å². The maximum Gasteiger partial charge on any atom is 0.147 e. The lowest BCUT2D eigenvalue weighted by molar-refractivity contribution is 0.463. The Hall–Kier alpha value is -0.810. The average Bonchev–Trinajstić information content (AvgIpc) is 2.66. The van der Waals surface area contributed by atoms with E-state index in [4.69, 9.17) is 4.42 Å². The summed E-state index contributed by atoms with van der Waals surface area (Å²) >= 11 is 0. The predicted molar refractivity (Wildman–Crippen MR) is 64.0 cm³/mol. The summed E-state index contributed by atoms with van der Waals surface area (Å²) in [6.45, 7) is 4.02. The van der Waals surface area contributed by atoms with Crippen molar-refractivity contribution in [1.82, 2.24) is 5.32 Å². The van der Waals surface area contributed by atoms with Gasteiger partial charge in [-0.1, -0.05) is 0 Å².